The second-order valence-corrected chi connectivity index (χ2v) is 4.55. The maximum atomic E-state index is 11.5. The molecule has 1 saturated carbocycles. The van der Waals surface area contributed by atoms with E-state index in [4.69, 9.17) is 4.74 Å². The second-order valence-electron chi connectivity index (χ2n) is 4.55. The lowest BCUT2D eigenvalue weighted by Gasteiger charge is -2.28. The minimum Gasteiger partial charge on any atom is -0.394 e. The predicted octanol–water partition coefficient (Wildman–Crippen LogP) is 0.833. The fraction of sp³-hybridized carbons (Fsp3) is 0.909. The Morgan fingerprint density at radius 2 is 2.07 bits per heavy atom. The van der Waals surface area contributed by atoms with Gasteiger partial charge in [0, 0.05) is 0 Å². The summed E-state index contributed by atoms with van der Waals surface area (Å²) >= 11 is 0. The van der Waals surface area contributed by atoms with E-state index in [-0.39, 0.29) is 30.8 Å². The molecule has 1 aliphatic carbocycles. The zero-order chi connectivity index (χ0) is 11.3. The first-order valence-corrected chi connectivity index (χ1v) is 5.61. The van der Waals surface area contributed by atoms with Crippen LogP contribution in [0.4, 0.5) is 0 Å². The van der Waals surface area contributed by atoms with E-state index in [0.29, 0.717) is 0 Å². The molecule has 0 saturated heterocycles. The van der Waals surface area contributed by atoms with Crippen molar-refractivity contribution in [1.82, 2.24) is 5.32 Å². The predicted molar refractivity (Wildman–Crippen MR) is 57.5 cm³/mol. The zero-order valence-corrected chi connectivity index (χ0v) is 9.58. The molecule has 0 aromatic heterocycles. The lowest BCUT2D eigenvalue weighted by atomic mass is 9.99. The van der Waals surface area contributed by atoms with E-state index in [0.717, 1.165) is 25.7 Å². The summed E-state index contributed by atoms with van der Waals surface area (Å²) in [6, 6.07) is 0. The van der Waals surface area contributed by atoms with Crippen LogP contribution in [0.5, 0.6) is 0 Å². The van der Waals surface area contributed by atoms with Gasteiger partial charge in [-0.2, -0.15) is 0 Å². The topological polar surface area (TPSA) is 58.6 Å². The highest BCUT2D eigenvalue weighted by atomic mass is 16.5. The minimum absolute atomic E-state index is 0.0282. The van der Waals surface area contributed by atoms with Crippen molar-refractivity contribution in [3.63, 3.8) is 0 Å². The molecular formula is C11H21NO3. The molecule has 0 atom stereocenters. The smallest absolute Gasteiger partial charge is 0.246 e. The Kier molecular flexibility index (Phi) is 4.54. The van der Waals surface area contributed by atoms with E-state index in [1.807, 2.05) is 13.8 Å². The molecule has 0 unspecified atom stereocenters. The fourth-order valence-corrected chi connectivity index (χ4v) is 1.95. The Morgan fingerprint density at radius 1 is 1.47 bits per heavy atom. The fourth-order valence-electron chi connectivity index (χ4n) is 1.95. The molecule has 2 N–H and O–H groups in total. The maximum absolute atomic E-state index is 11.5. The van der Waals surface area contributed by atoms with E-state index in [2.05, 4.69) is 5.32 Å². The third-order valence-corrected chi connectivity index (χ3v) is 2.82. The molecule has 0 spiro atoms. The largest absolute Gasteiger partial charge is 0.394 e. The Balaban J connectivity index is 2.35. The molecule has 0 aromatic carbocycles. The average molecular weight is 215 g/mol. The maximum Gasteiger partial charge on any atom is 0.246 e. The van der Waals surface area contributed by atoms with Crippen LogP contribution in [0.25, 0.3) is 0 Å². The Morgan fingerprint density at radius 3 is 2.53 bits per heavy atom. The third kappa shape index (κ3) is 3.80. The van der Waals surface area contributed by atoms with Crippen molar-refractivity contribution in [2.75, 3.05) is 13.2 Å². The Bertz CT molecular complexity index is 210. The first kappa shape index (κ1) is 12.5. The molecule has 1 rings (SSSR count). The molecule has 4 heteroatoms. The Labute approximate surface area is 91.0 Å². The van der Waals surface area contributed by atoms with Gasteiger partial charge < -0.3 is 15.2 Å². The quantitative estimate of drug-likeness (QED) is 0.714. The lowest BCUT2D eigenvalue weighted by Crippen LogP contribution is -2.50. The van der Waals surface area contributed by atoms with Gasteiger partial charge in [0.05, 0.1) is 18.2 Å². The van der Waals surface area contributed by atoms with Gasteiger partial charge in [0.1, 0.15) is 6.61 Å². The van der Waals surface area contributed by atoms with Crippen molar-refractivity contribution < 1.29 is 14.6 Å². The molecule has 4 nitrogen and oxygen atoms in total. The van der Waals surface area contributed by atoms with Gasteiger partial charge in [-0.05, 0) is 26.7 Å². The van der Waals surface area contributed by atoms with Crippen molar-refractivity contribution in [1.29, 1.82) is 0 Å². The van der Waals surface area contributed by atoms with E-state index >= 15 is 0 Å². The number of carbonyl (C=O) groups excluding carboxylic acids is 1. The normalized spacial score (nSPS) is 19.5. The van der Waals surface area contributed by atoms with Crippen LogP contribution in [-0.2, 0) is 9.53 Å². The highest BCUT2D eigenvalue weighted by Crippen LogP contribution is 2.28. The van der Waals surface area contributed by atoms with Crippen molar-refractivity contribution >= 4 is 5.91 Å². The molecule has 88 valence electrons. The number of rotatable bonds is 5. The SMILES string of the molecule is CC(C)OCC(=O)NC1(CO)CCCC1. The van der Waals surface area contributed by atoms with Crippen LogP contribution >= 0.6 is 0 Å². The van der Waals surface area contributed by atoms with Crippen LogP contribution in [0, 0.1) is 0 Å². The molecule has 0 radical (unpaired) electrons. The monoisotopic (exact) mass is 215 g/mol. The van der Waals surface area contributed by atoms with E-state index in [1.165, 1.54) is 0 Å². The number of aliphatic hydroxyl groups excluding tert-OH is 1. The summed E-state index contributed by atoms with van der Waals surface area (Å²) in [5, 5.41) is 12.2. The van der Waals surface area contributed by atoms with Gasteiger partial charge in [-0.1, -0.05) is 12.8 Å². The minimum atomic E-state index is -0.378. The van der Waals surface area contributed by atoms with Crippen LogP contribution < -0.4 is 5.32 Å². The third-order valence-electron chi connectivity index (χ3n) is 2.82. The first-order valence-electron chi connectivity index (χ1n) is 5.61. The standard InChI is InChI=1S/C11H21NO3/c1-9(2)15-7-10(14)12-11(8-13)5-3-4-6-11/h9,13H,3-8H2,1-2H3,(H,12,14). The highest BCUT2D eigenvalue weighted by molar-refractivity contribution is 5.78. The van der Waals surface area contributed by atoms with Crippen LogP contribution in [0.3, 0.4) is 0 Å². The van der Waals surface area contributed by atoms with Crippen LogP contribution in [-0.4, -0.2) is 35.9 Å². The average Bonchev–Trinajstić information content (AvgIpc) is 2.64. The summed E-state index contributed by atoms with van der Waals surface area (Å²) in [4.78, 5) is 11.5. The molecule has 0 aliphatic heterocycles. The van der Waals surface area contributed by atoms with Gasteiger partial charge in [-0.3, -0.25) is 4.79 Å². The number of carbonyl (C=O) groups is 1. The summed E-state index contributed by atoms with van der Waals surface area (Å²) < 4.78 is 5.21. The summed E-state index contributed by atoms with van der Waals surface area (Å²) in [6.45, 7) is 3.90. The summed E-state index contributed by atoms with van der Waals surface area (Å²) in [5.41, 5.74) is -0.378. The number of hydrogen-bond acceptors (Lipinski definition) is 3. The summed E-state index contributed by atoms with van der Waals surface area (Å²) in [7, 11) is 0. The lowest BCUT2D eigenvalue weighted by molar-refractivity contribution is -0.129. The zero-order valence-electron chi connectivity index (χ0n) is 9.58. The van der Waals surface area contributed by atoms with Gasteiger partial charge in [0.25, 0.3) is 0 Å². The Hall–Kier alpha value is -0.610. The van der Waals surface area contributed by atoms with E-state index in [9.17, 15) is 9.90 Å². The van der Waals surface area contributed by atoms with Gasteiger partial charge in [-0.15, -0.1) is 0 Å². The number of amides is 1. The molecular weight excluding hydrogens is 194 g/mol. The van der Waals surface area contributed by atoms with Crippen molar-refractivity contribution in [2.24, 2.45) is 0 Å². The van der Waals surface area contributed by atoms with Gasteiger partial charge in [0.15, 0.2) is 0 Å². The van der Waals surface area contributed by atoms with Crippen LogP contribution in [0.2, 0.25) is 0 Å². The second kappa shape index (κ2) is 5.47. The molecule has 1 amide bonds. The molecule has 0 heterocycles. The molecule has 0 bridgehead atoms. The summed E-state index contributed by atoms with van der Waals surface area (Å²) in [5.74, 6) is -0.125. The van der Waals surface area contributed by atoms with Crippen molar-refractivity contribution in [3.8, 4) is 0 Å². The number of nitrogens with one attached hydrogen (secondary N) is 1. The van der Waals surface area contributed by atoms with E-state index in [1.54, 1.807) is 0 Å². The van der Waals surface area contributed by atoms with E-state index < -0.39 is 0 Å². The van der Waals surface area contributed by atoms with Gasteiger partial charge >= 0.3 is 0 Å². The van der Waals surface area contributed by atoms with Crippen molar-refractivity contribution in [3.05, 3.63) is 0 Å². The number of aliphatic hydroxyl groups is 1. The molecule has 1 aliphatic rings. The first-order chi connectivity index (χ1) is 7.08. The number of hydrogen-bond donors (Lipinski definition) is 2. The van der Waals surface area contributed by atoms with Gasteiger partial charge in [-0.25, -0.2) is 0 Å². The highest BCUT2D eigenvalue weighted by Gasteiger charge is 2.34. The molecule has 0 aromatic rings. The van der Waals surface area contributed by atoms with Crippen LogP contribution in [0.15, 0.2) is 0 Å². The van der Waals surface area contributed by atoms with Crippen LogP contribution in [0.1, 0.15) is 39.5 Å². The summed E-state index contributed by atoms with van der Waals surface area (Å²) in [6.07, 6.45) is 3.95. The molecule has 15 heavy (non-hydrogen) atoms. The molecule has 1 fully saturated rings. The van der Waals surface area contributed by atoms with Crippen molar-refractivity contribution in [2.45, 2.75) is 51.2 Å². The number of ether oxygens (including phenoxy) is 1. The van der Waals surface area contributed by atoms with Gasteiger partial charge in [0.2, 0.25) is 5.91 Å².